The summed E-state index contributed by atoms with van der Waals surface area (Å²) in [4.78, 5) is 9.76. The number of nitrogens with one attached hydrogen (secondary N) is 1. The predicted octanol–water partition coefficient (Wildman–Crippen LogP) is 1.66. The van der Waals surface area contributed by atoms with Crippen molar-refractivity contribution in [1.82, 2.24) is 14.9 Å². The molecule has 1 aromatic carbocycles. The number of ether oxygens (including phenoxy) is 2. The van der Waals surface area contributed by atoms with Gasteiger partial charge in [-0.15, -0.1) is 0 Å². The Morgan fingerprint density at radius 1 is 1.32 bits per heavy atom. The lowest BCUT2D eigenvalue weighted by molar-refractivity contribution is 0.0358. The zero-order valence-electron chi connectivity index (χ0n) is 11.0. The van der Waals surface area contributed by atoms with Crippen molar-refractivity contribution in [3.63, 3.8) is 0 Å². The van der Waals surface area contributed by atoms with Gasteiger partial charge in [-0.2, -0.15) is 0 Å². The van der Waals surface area contributed by atoms with Crippen LogP contribution < -0.4 is 4.74 Å². The SMILES string of the molecule is c1cc(OCCCN2CCOCC2)c2[nH]cnc2c1. The van der Waals surface area contributed by atoms with Gasteiger partial charge in [-0.1, -0.05) is 6.07 Å². The molecule has 1 fully saturated rings. The fraction of sp³-hybridized carbons (Fsp3) is 0.500. The highest BCUT2D eigenvalue weighted by atomic mass is 16.5. The van der Waals surface area contributed by atoms with Crippen LogP contribution in [0.3, 0.4) is 0 Å². The number of rotatable bonds is 5. The molecule has 0 aliphatic carbocycles. The Morgan fingerprint density at radius 3 is 3.11 bits per heavy atom. The van der Waals surface area contributed by atoms with Crippen molar-refractivity contribution in [3.8, 4) is 5.75 Å². The molecule has 3 rings (SSSR count). The normalized spacial score (nSPS) is 16.8. The van der Waals surface area contributed by atoms with E-state index in [0.717, 1.165) is 62.7 Å². The molecule has 0 saturated carbocycles. The summed E-state index contributed by atoms with van der Waals surface area (Å²) in [7, 11) is 0. The molecule has 2 heterocycles. The van der Waals surface area contributed by atoms with Crippen LogP contribution in [-0.2, 0) is 4.74 Å². The third-order valence-corrected chi connectivity index (χ3v) is 3.40. The van der Waals surface area contributed by atoms with Gasteiger partial charge in [0.05, 0.1) is 31.7 Å². The second-order valence-corrected chi connectivity index (χ2v) is 4.71. The molecule has 2 aromatic rings. The maximum atomic E-state index is 5.84. The molecule has 102 valence electrons. The van der Waals surface area contributed by atoms with E-state index in [0.29, 0.717) is 0 Å². The number of benzene rings is 1. The molecule has 1 saturated heterocycles. The summed E-state index contributed by atoms with van der Waals surface area (Å²) in [6, 6.07) is 5.93. The van der Waals surface area contributed by atoms with Gasteiger partial charge in [-0.05, 0) is 18.6 Å². The van der Waals surface area contributed by atoms with E-state index in [-0.39, 0.29) is 0 Å². The van der Waals surface area contributed by atoms with E-state index in [9.17, 15) is 0 Å². The number of aromatic nitrogens is 2. The second-order valence-electron chi connectivity index (χ2n) is 4.71. The highest BCUT2D eigenvalue weighted by Gasteiger charge is 2.09. The average Bonchev–Trinajstić information content (AvgIpc) is 2.94. The molecule has 5 nitrogen and oxygen atoms in total. The molecule has 1 aromatic heterocycles. The van der Waals surface area contributed by atoms with E-state index in [1.807, 2.05) is 18.2 Å². The molecule has 19 heavy (non-hydrogen) atoms. The molecule has 0 amide bonds. The number of morpholine rings is 1. The molecular weight excluding hydrogens is 242 g/mol. The Balaban J connectivity index is 1.48. The Morgan fingerprint density at radius 2 is 2.21 bits per heavy atom. The van der Waals surface area contributed by atoms with Gasteiger partial charge in [-0.25, -0.2) is 4.98 Å². The van der Waals surface area contributed by atoms with Gasteiger partial charge in [0.2, 0.25) is 0 Å². The number of hydrogen-bond donors (Lipinski definition) is 1. The predicted molar refractivity (Wildman–Crippen MR) is 73.5 cm³/mol. The summed E-state index contributed by atoms with van der Waals surface area (Å²) in [5.74, 6) is 0.886. The molecule has 1 aliphatic rings. The number of fused-ring (bicyclic) bond motifs is 1. The Labute approximate surface area is 112 Å². The summed E-state index contributed by atoms with van der Waals surface area (Å²) in [6.45, 7) is 5.59. The van der Waals surface area contributed by atoms with Crippen LogP contribution >= 0.6 is 0 Å². The topological polar surface area (TPSA) is 50.4 Å². The second kappa shape index (κ2) is 6.04. The van der Waals surface area contributed by atoms with E-state index in [1.165, 1.54) is 0 Å². The molecular formula is C14H19N3O2. The largest absolute Gasteiger partial charge is 0.491 e. The van der Waals surface area contributed by atoms with Crippen molar-refractivity contribution in [2.75, 3.05) is 39.5 Å². The average molecular weight is 261 g/mol. The van der Waals surface area contributed by atoms with Gasteiger partial charge in [0.1, 0.15) is 11.3 Å². The highest BCUT2D eigenvalue weighted by molar-refractivity contribution is 5.80. The fourth-order valence-corrected chi connectivity index (χ4v) is 2.35. The van der Waals surface area contributed by atoms with Gasteiger partial charge >= 0.3 is 0 Å². The molecule has 5 heteroatoms. The summed E-state index contributed by atoms with van der Waals surface area (Å²) >= 11 is 0. The standard InChI is InChI=1S/C14H19N3O2/c1-3-12-14(16-11-15-12)13(4-1)19-8-2-5-17-6-9-18-10-7-17/h1,3-4,11H,2,5-10H2,(H,15,16). The van der Waals surface area contributed by atoms with Gasteiger partial charge in [0.15, 0.2) is 0 Å². The summed E-state index contributed by atoms with van der Waals surface area (Å²) in [5, 5.41) is 0. The maximum absolute atomic E-state index is 5.84. The van der Waals surface area contributed by atoms with E-state index in [4.69, 9.17) is 9.47 Å². The van der Waals surface area contributed by atoms with Crippen molar-refractivity contribution >= 4 is 11.0 Å². The smallest absolute Gasteiger partial charge is 0.144 e. The highest BCUT2D eigenvalue weighted by Crippen LogP contribution is 2.22. The minimum Gasteiger partial charge on any atom is -0.491 e. The number of para-hydroxylation sites is 1. The first-order valence-corrected chi connectivity index (χ1v) is 6.78. The van der Waals surface area contributed by atoms with Crippen molar-refractivity contribution in [3.05, 3.63) is 24.5 Å². The Hall–Kier alpha value is -1.59. The molecule has 1 aliphatic heterocycles. The molecule has 0 unspecified atom stereocenters. The zero-order valence-corrected chi connectivity index (χ0v) is 11.0. The van der Waals surface area contributed by atoms with Gasteiger partial charge in [0, 0.05) is 19.6 Å². The quantitative estimate of drug-likeness (QED) is 0.832. The van der Waals surface area contributed by atoms with Gasteiger partial charge < -0.3 is 14.5 Å². The lowest BCUT2D eigenvalue weighted by atomic mass is 10.3. The maximum Gasteiger partial charge on any atom is 0.144 e. The van der Waals surface area contributed by atoms with Crippen LogP contribution in [0.1, 0.15) is 6.42 Å². The fourth-order valence-electron chi connectivity index (χ4n) is 2.35. The van der Waals surface area contributed by atoms with Crippen LogP contribution in [0.4, 0.5) is 0 Å². The Bertz CT molecular complexity index is 520. The van der Waals surface area contributed by atoms with Crippen LogP contribution in [0, 0.1) is 0 Å². The lowest BCUT2D eigenvalue weighted by Crippen LogP contribution is -2.37. The third kappa shape index (κ3) is 3.05. The van der Waals surface area contributed by atoms with Crippen LogP contribution in [0.5, 0.6) is 5.75 Å². The molecule has 0 radical (unpaired) electrons. The van der Waals surface area contributed by atoms with Crippen LogP contribution in [0.15, 0.2) is 24.5 Å². The zero-order chi connectivity index (χ0) is 12.9. The molecule has 0 bridgehead atoms. The van der Waals surface area contributed by atoms with Crippen LogP contribution in [0.25, 0.3) is 11.0 Å². The van der Waals surface area contributed by atoms with Crippen molar-refractivity contribution in [2.24, 2.45) is 0 Å². The van der Waals surface area contributed by atoms with Crippen molar-refractivity contribution in [1.29, 1.82) is 0 Å². The molecule has 0 atom stereocenters. The van der Waals surface area contributed by atoms with E-state index in [1.54, 1.807) is 6.33 Å². The van der Waals surface area contributed by atoms with Crippen LogP contribution in [0.2, 0.25) is 0 Å². The minimum atomic E-state index is 0.732. The monoisotopic (exact) mass is 261 g/mol. The molecule has 1 N–H and O–H groups in total. The lowest BCUT2D eigenvalue weighted by Gasteiger charge is -2.26. The number of aromatic amines is 1. The van der Waals surface area contributed by atoms with Crippen molar-refractivity contribution in [2.45, 2.75) is 6.42 Å². The summed E-state index contributed by atoms with van der Waals surface area (Å²) < 4.78 is 11.2. The first-order chi connectivity index (χ1) is 9.43. The number of imidazole rings is 1. The van der Waals surface area contributed by atoms with Crippen LogP contribution in [-0.4, -0.2) is 54.3 Å². The van der Waals surface area contributed by atoms with Crippen molar-refractivity contribution < 1.29 is 9.47 Å². The Kier molecular flexibility index (Phi) is 3.95. The number of hydrogen-bond acceptors (Lipinski definition) is 4. The summed E-state index contributed by atoms with van der Waals surface area (Å²) in [5.41, 5.74) is 1.93. The minimum absolute atomic E-state index is 0.732. The van der Waals surface area contributed by atoms with Gasteiger partial charge in [0.25, 0.3) is 0 Å². The number of H-pyrrole nitrogens is 1. The van der Waals surface area contributed by atoms with E-state index < -0.39 is 0 Å². The number of nitrogens with zero attached hydrogens (tertiary/aromatic N) is 2. The summed E-state index contributed by atoms with van der Waals surface area (Å²) in [6.07, 6.45) is 2.73. The van der Waals surface area contributed by atoms with Gasteiger partial charge in [-0.3, -0.25) is 4.90 Å². The third-order valence-electron chi connectivity index (χ3n) is 3.40. The van der Waals surface area contributed by atoms with E-state index in [2.05, 4.69) is 14.9 Å². The van der Waals surface area contributed by atoms with E-state index >= 15 is 0 Å². The first-order valence-electron chi connectivity index (χ1n) is 6.78. The first kappa shape index (κ1) is 12.4. The molecule has 0 spiro atoms.